The second kappa shape index (κ2) is 8.82. The molecule has 1 saturated carbocycles. The molecule has 2 aromatic carbocycles. The first kappa shape index (κ1) is 20.7. The van der Waals surface area contributed by atoms with Gasteiger partial charge < -0.3 is 9.80 Å². The van der Waals surface area contributed by atoms with Gasteiger partial charge in [-0.1, -0.05) is 37.3 Å². The van der Waals surface area contributed by atoms with E-state index in [1.54, 1.807) is 11.3 Å². The lowest BCUT2D eigenvalue weighted by Crippen LogP contribution is -2.54. The fraction of sp³-hybridized carbons (Fsp3) is 0.407. The molecule has 0 amide bonds. The maximum atomic E-state index is 5.02. The van der Waals surface area contributed by atoms with E-state index in [2.05, 4.69) is 80.3 Å². The Hall–Kier alpha value is -2.86. The van der Waals surface area contributed by atoms with Crippen LogP contribution in [0.1, 0.15) is 43.5 Å². The highest BCUT2D eigenvalue weighted by molar-refractivity contribution is 7.13. The van der Waals surface area contributed by atoms with E-state index in [4.69, 9.17) is 5.10 Å². The first-order valence-electron chi connectivity index (χ1n) is 12.3. The van der Waals surface area contributed by atoms with Crippen LogP contribution in [0, 0.1) is 0 Å². The fourth-order valence-corrected chi connectivity index (χ4v) is 6.06. The molecule has 170 valence electrons. The van der Waals surface area contributed by atoms with E-state index in [1.807, 2.05) is 6.20 Å². The molecular weight excluding hydrogens is 426 g/mol. The van der Waals surface area contributed by atoms with E-state index in [9.17, 15) is 0 Å². The Morgan fingerprint density at radius 2 is 1.94 bits per heavy atom. The van der Waals surface area contributed by atoms with E-state index in [1.165, 1.54) is 47.1 Å². The topological polar surface area (TPSA) is 37.2 Å². The number of aryl methyl sites for hydroxylation is 1. The number of thiazole rings is 1. The Balaban J connectivity index is 1.31. The number of rotatable bonds is 6. The molecule has 1 aliphatic heterocycles. The predicted molar refractivity (Wildman–Crippen MR) is 138 cm³/mol. The Labute approximate surface area is 199 Å². The zero-order chi connectivity index (χ0) is 22.2. The van der Waals surface area contributed by atoms with Crippen LogP contribution >= 0.6 is 11.3 Å². The average molecular weight is 458 g/mol. The number of hydrogen-bond donors (Lipinski definition) is 0. The van der Waals surface area contributed by atoms with Crippen molar-refractivity contribution in [2.24, 2.45) is 0 Å². The number of nitrogens with zero attached hydrogens (tertiary/aromatic N) is 5. The van der Waals surface area contributed by atoms with Crippen LogP contribution in [0.4, 0.5) is 10.8 Å². The molecule has 33 heavy (non-hydrogen) atoms. The maximum absolute atomic E-state index is 5.02. The van der Waals surface area contributed by atoms with Gasteiger partial charge in [-0.15, -0.1) is 11.3 Å². The van der Waals surface area contributed by atoms with Crippen molar-refractivity contribution in [3.63, 3.8) is 0 Å². The van der Waals surface area contributed by atoms with Gasteiger partial charge in [0.15, 0.2) is 5.13 Å². The molecule has 0 spiro atoms. The number of hydrogen-bond acceptors (Lipinski definition) is 5. The molecule has 1 atom stereocenters. The second-order valence-electron chi connectivity index (χ2n) is 9.33. The summed E-state index contributed by atoms with van der Waals surface area (Å²) < 4.78 is 2.33. The minimum absolute atomic E-state index is 0.394. The minimum atomic E-state index is 0.394. The van der Waals surface area contributed by atoms with Crippen molar-refractivity contribution in [3.8, 4) is 0 Å². The van der Waals surface area contributed by atoms with Crippen molar-refractivity contribution in [2.45, 2.75) is 51.1 Å². The molecule has 4 aromatic rings. The van der Waals surface area contributed by atoms with Gasteiger partial charge in [-0.3, -0.25) is 4.68 Å². The third-order valence-corrected chi connectivity index (χ3v) is 8.16. The van der Waals surface area contributed by atoms with E-state index in [-0.39, 0.29) is 0 Å². The number of anilines is 2. The smallest absolute Gasteiger partial charge is 0.185 e. The van der Waals surface area contributed by atoms with Gasteiger partial charge in [0.2, 0.25) is 0 Å². The summed E-state index contributed by atoms with van der Waals surface area (Å²) in [6.45, 7) is 5.21. The van der Waals surface area contributed by atoms with E-state index < -0.39 is 0 Å². The highest BCUT2D eigenvalue weighted by atomic mass is 32.1. The molecule has 2 aromatic heterocycles. The third kappa shape index (κ3) is 3.90. The zero-order valence-corrected chi connectivity index (χ0v) is 20.0. The Morgan fingerprint density at radius 3 is 2.67 bits per heavy atom. The van der Waals surface area contributed by atoms with Crippen LogP contribution < -0.4 is 9.80 Å². The highest BCUT2D eigenvalue weighted by Crippen LogP contribution is 2.36. The number of aromatic nitrogens is 3. The molecule has 0 N–H and O–H groups in total. The van der Waals surface area contributed by atoms with Gasteiger partial charge in [0.25, 0.3) is 0 Å². The van der Waals surface area contributed by atoms with Gasteiger partial charge in [0.1, 0.15) is 0 Å². The van der Waals surface area contributed by atoms with E-state index in [0.717, 1.165) is 37.6 Å². The summed E-state index contributed by atoms with van der Waals surface area (Å²) in [4.78, 5) is 9.73. The van der Waals surface area contributed by atoms with Crippen molar-refractivity contribution in [3.05, 3.63) is 71.4 Å². The lowest BCUT2D eigenvalue weighted by atomic mass is 9.93. The number of fused-ring (bicyclic) bond motifs is 1. The monoisotopic (exact) mass is 457 g/mol. The number of piperazine rings is 1. The largest absolute Gasteiger partial charge is 0.368 e. The Bertz CT molecular complexity index is 1210. The summed E-state index contributed by atoms with van der Waals surface area (Å²) in [5.41, 5.74) is 5.26. The second-order valence-corrected chi connectivity index (χ2v) is 10.2. The molecule has 1 unspecified atom stereocenters. The van der Waals surface area contributed by atoms with E-state index >= 15 is 0 Å². The first-order chi connectivity index (χ1) is 16.3. The molecule has 2 aliphatic rings. The van der Waals surface area contributed by atoms with Crippen molar-refractivity contribution in [2.75, 3.05) is 29.4 Å². The van der Waals surface area contributed by atoms with Gasteiger partial charge in [-0.2, -0.15) is 5.10 Å². The van der Waals surface area contributed by atoms with Crippen LogP contribution in [0.5, 0.6) is 0 Å². The molecular formula is C27H31N5S. The van der Waals surface area contributed by atoms with Gasteiger partial charge in [-0.25, -0.2) is 4.98 Å². The minimum Gasteiger partial charge on any atom is -0.368 e. The molecule has 0 radical (unpaired) electrons. The molecule has 1 saturated heterocycles. The average Bonchev–Trinajstić information content (AvgIpc) is 3.47. The fourth-order valence-electron chi connectivity index (χ4n) is 5.32. The van der Waals surface area contributed by atoms with Crippen LogP contribution in [0.2, 0.25) is 0 Å². The molecule has 6 rings (SSSR count). The van der Waals surface area contributed by atoms with Crippen LogP contribution in [0.3, 0.4) is 0 Å². The zero-order valence-electron chi connectivity index (χ0n) is 19.2. The summed E-state index contributed by atoms with van der Waals surface area (Å²) >= 11 is 1.75. The molecule has 3 heterocycles. The van der Waals surface area contributed by atoms with Gasteiger partial charge in [0.05, 0.1) is 23.3 Å². The summed E-state index contributed by atoms with van der Waals surface area (Å²) in [6, 6.07) is 18.9. The lowest BCUT2D eigenvalue weighted by molar-refractivity contribution is 0.296. The first-order valence-corrected chi connectivity index (χ1v) is 13.1. The summed E-state index contributed by atoms with van der Waals surface area (Å²) in [6.07, 6.45) is 7.78. The maximum Gasteiger partial charge on any atom is 0.185 e. The van der Waals surface area contributed by atoms with Crippen molar-refractivity contribution in [1.82, 2.24) is 14.8 Å². The standard InChI is InChI=1S/C27H31N5S/c1-2-25-24-12-11-22(18-26(24)32(29-25)21-9-6-10-21)30-14-15-31(27-28-13-16-33-27)23(19-30)17-20-7-4-3-5-8-20/h3-5,7-8,11-13,16,18,21,23H,2,6,9-10,14-15,17,19H2,1H3. The quantitative estimate of drug-likeness (QED) is 0.371. The normalized spacial score (nSPS) is 19.2. The van der Waals surface area contributed by atoms with Crippen molar-refractivity contribution >= 4 is 33.1 Å². The van der Waals surface area contributed by atoms with Gasteiger partial charge >= 0.3 is 0 Å². The van der Waals surface area contributed by atoms with Gasteiger partial charge in [-0.05, 0) is 55.9 Å². The highest BCUT2D eigenvalue weighted by Gasteiger charge is 2.30. The molecule has 6 heteroatoms. The molecule has 2 fully saturated rings. The SMILES string of the molecule is CCc1nn(C2CCC2)c2cc(N3CCN(c4nccs4)C(Cc4ccccc4)C3)ccc12. The van der Waals surface area contributed by atoms with Crippen molar-refractivity contribution in [1.29, 1.82) is 0 Å². The van der Waals surface area contributed by atoms with E-state index in [0.29, 0.717) is 12.1 Å². The van der Waals surface area contributed by atoms with Crippen molar-refractivity contribution < 1.29 is 0 Å². The van der Waals surface area contributed by atoms with Crippen LogP contribution in [-0.4, -0.2) is 40.4 Å². The Kier molecular flexibility index (Phi) is 5.54. The molecule has 1 aliphatic carbocycles. The molecule has 5 nitrogen and oxygen atoms in total. The Morgan fingerprint density at radius 1 is 1.06 bits per heavy atom. The van der Waals surface area contributed by atoms with Gasteiger partial charge in [0, 0.05) is 42.3 Å². The van der Waals surface area contributed by atoms with Crippen LogP contribution in [0.15, 0.2) is 60.1 Å². The molecule has 0 bridgehead atoms. The van der Waals surface area contributed by atoms with Crippen LogP contribution in [0.25, 0.3) is 10.9 Å². The third-order valence-electron chi connectivity index (χ3n) is 7.35. The summed E-state index contributed by atoms with van der Waals surface area (Å²) in [5.74, 6) is 0. The predicted octanol–water partition coefficient (Wildman–Crippen LogP) is 5.72. The number of benzene rings is 2. The lowest BCUT2D eigenvalue weighted by Gasteiger charge is -2.42. The summed E-state index contributed by atoms with van der Waals surface area (Å²) in [5, 5.41) is 9.57. The van der Waals surface area contributed by atoms with Crippen LogP contribution in [-0.2, 0) is 12.8 Å². The summed E-state index contributed by atoms with van der Waals surface area (Å²) in [7, 11) is 0.